The summed E-state index contributed by atoms with van der Waals surface area (Å²) in [6.45, 7) is 0. The van der Waals surface area contributed by atoms with Crippen LogP contribution >= 0.6 is 0 Å². The summed E-state index contributed by atoms with van der Waals surface area (Å²) in [5.41, 5.74) is 1.18. The smallest absolute Gasteiger partial charge is 0.152 e. The second-order valence-electron chi connectivity index (χ2n) is 3.54. The maximum atomic E-state index is 4.34. The van der Waals surface area contributed by atoms with Crippen LogP contribution in [0.1, 0.15) is 6.42 Å². The minimum absolute atomic E-state index is 0.673. The molecule has 1 N–H and O–H groups in total. The van der Waals surface area contributed by atoms with Crippen LogP contribution in [0.2, 0.25) is 0 Å². The van der Waals surface area contributed by atoms with Gasteiger partial charge in [-0.3, -0.25) is 0 Å². The molecule has 0 saturated heterocycles. The van der Waals surface area contributed by atoms with E-state index >= 15 is 0 Å². The average molecular weight is 161 g/mol. The summed E-state index contributed by atoms with van der Waals surface area (Å²) >= 11 is 0. The molecule has 0 amide bonds. The summed E-state index contributed by atoms with van der Waals surface area (Å²) < 4.78 is 0. The number of nitrogens with one attached hydrogen (secondary N) is 1. The standard InChI is InChI=1S/C9H11N3/c1-12-8-5-7(8)11-6-3-2-4-10-9(6)12/h2-4,7-8,11H,5H2,1H3. The molecule has 0 spiro atoms. The fraction of sp³-hybridized carbons (Fsp3) is 0.444. The molecular formula is C9H11N3. The monoisotopic (exact) mass is 161 g/mol. The van der Waals surface area contributed by atoms with E-state index in [1.54, 1.807) is 0 Å². The average Bonchev–Trinajstić information content (AvgIpc) is 2.84. The highest BCUT2D eigenvalue weighted by atomic mass is 15.3. The van der Waals surface area contributed by atoms with Crippen molar-refractivity contribution in [2.45, 2.75) is 18.5 Å². The first-order valence-corrected chi connectivity index (χ1v) is 4.30. The number of likely N-dealkylation sites (N-methyl/N-ethyl adjacent to an activating group) is 1. The van der Waals surface area contributed by atoms with Gasteiger partial charge in [-0.25, -0.2) is 4.98 Å². The summed E-state index contributed by atoms with van der Waals surface area (Å²) in [5.74, 6) is 1.09. The molecular weight excluding hydrogens is 150 g/mol. The summed E-state index contributed by atoms with van der Waals surface area (Å²) in [4.78, 5) is 6.62. The van der Waals surface area contributed by atoms with Crippen LogP contribution in [0.4, 0.5) is 11.5 Å². The van der Waals surface area contributed by atoms with Crippen LogP contribution in [0.3, 0.4) is 0 Å². The molecule has 0 aromatic carbocycles. The lowest BCUT2D eigenvalue weighted by Gasteiger charge is -2.26. The topological polar surface area (TPSA) is 28.2 Å². The zero-order valence-electron chi connectivity index (χ0n) is 6.99. The molecule has 12 heavy (non-hydrogen) atoms. The third kappa shape index (κ3) is 0.682. The molecule has 1 aromatic heterocycles. The molecule has 2 aliphatic rings. The molecule has 2 atom stereocenters. The Morgan fingerprint density at radius 1 is 1.67 bits per heavy atom. The maximum Gasteiger partial charge on any atom is 0.152 e. The molecule has 3 heteroatoms. The minimum Gasteiger partial charge on any atom is -0.377 e. The predicted octanol–water partition coefficient (Wildman–Crippen LogP) is 1.08. The first-order chi connectivity index (χ1) is 5.86. The van der Waals surface area contributed by atoms with Gasteiger partial charge < -0.3 is 10.2 Å². The minimum atomic E-state index is 0.673. The highest BCUT2D eigenvalue weighted by molar-refractivity contribution is 5.71. The van der Waals surface area contributed by atoms with Gasteiger partial charge in [-0.05, 0) is 18.6 Å². The molecule has 1 fully saturated rings. The Morgan fingerprint density at radius 3 is 3.50 bits per heavy atom. The summed E-state index contributed by atoms with van der Waals surface area (Å²) in [6.07, 6.45) is 3.10. The van der Waals surface area contributed by atoms with Crippen LogP contribution in [-0.2, 0) is 0 Å². The van der Waals surface area contributed by atoms with Gasteiger partial charge in [-0.2, -0.15) is 0 Å². The van der Waals surface area contributed by atoms with E-state index in [9.17, 15) is 0 Å². The quantitative estimate of drug-likeness (QED) is 0.617. The largest absolute Gasteiger partial charge is 0.377 e. The van der Waals surface area contributed by atoms with Gasteiger partial charge in [0.05, 0.1) is 11.7 Å². The Labute approximate surface area is 71.4 Å². The van der Waals surface area contributed by atoms with Gasteiger partial charge in [0.25, 0.3) is 0 Å². The van der Waals surface area contributed by atoms with Gasteiger partial charge in [-0.1, -0.05) is 0 Å². The highest BCUT2D eigenvalue weighted by Crippen LogP contribution is 2.41. The Bertz CT molecular complexity index is 323. The zero-order chi connectivity index (χ0) is 8.13. The SMILES string of the molecule is CN1c2ncccc2NC2CC21. The van der Waals surface area contributed by atoms with Crippen molar-refractivity contribution in [2.24, 2.45) is 0 Å². The predicted molar refractivity (Wildman–Crippen MR) is 48.5 cm³/mol. The second-order valence-corrected chi connectivity index (χ2v) is 3.54. The van der Waals surface area contributed by atoms with Crippen LogP contribution in [0.15, 0.2) is 18.3 Å². The van der Waals surface area contributed by atoms with E-state index in [0.29, 0.717) is 12.1 Å². The van der Waals surface area contributed by atoms with Gasteiger partial charge in [0.15, 0.2) is 5.82 Å². The van der Waals surface area contributed by atoms with Crippen molar-refractivity contribution in [3.8, 4) is 0 Å². The van der Waals surface area contributed by atoms with Crippen molar-refractivity contribution in [1.82, 2.24) is 4.98 Å². The van der Waals surface area contributed by atoms with Crippen LogP contribution in [0.25, 0.3) is 0 Å². The van der Waals surface area contributed by atoms with Crippen molar-refractivity contribution < 1.29 is 0 Å². The summed E-state index contributed by atoms with van der Waals surface area (Å²) in [7, 11) is 2.12. The molecule has 62 valence electrons. The lowest BCUT2D eigenvalue weighted by atomic mass is 10.3. The van der Waals surface area contributed by atoms with Crippen LogP contribution in [-0.4, -0.2) is 24.1 Å². The summed E-state index contributed by atoms with van der Waals surface area (Å²) in [5, 5.41) is 3.46. The molecule has 1 saturated carbocycles. The maximum absolute atomic E-state index is 4.34. The van der Waals surface area contributed by atoms with E-state index in [1.165, 1.54) is 12.1 Å². The normalized spacial score (nSPS) is 30.2. The van der Waals surface area contributed by atoms with Crippen molar-refractivity contribution in [3.05, 3.63) is 18.3 Å². The fourth-order valence-corrected chi connectivity index (χ4v) is 1.91. The molecule has 2 unspecified atom stereocenters. The number of nitrogens with zero attached hydrogens (tertiary/aromatic N) is 2. The molecule has 1 aliphatic heterocycles. The summed E-state index contributed by atoms with van der Waals surface area (Å²) in [6, 6.07) is 5.43. The van der Waals surface area contributed by atoms with Crippen LogP contribution < -0.4 is 10.2 Å². The number of hydrogen-bond donors (Lipinski definition) is 1. The van der Waals surface area contributed by atoms with Crippen LogP contribution in [0, 0.1) is 0 Å². The van der Waals surface area contributed by atoms with Crippen molar-refractivity contribution in [3.63, 3.8) is 0 Å². The first kappa shape index (κ1) is 6.29. The zero-order valence-corrected chi connectivity index (χ0v) is 6.99. The number of anilines is 2. The Kier molecular flexibility index (Phi) is 1.00. The third-order valence-electron chi connectivity index (χ3n) is 2.72. The highest BCUT2D eigenvalue weighted by Gasteiger charge is 2.45. The van der Waals surface area contributed by atoms with Gasteiger partial charge >= 0.3 is 0 Å². The molecule has 1 aromatic rings. The second kappa shape index (κ2) is 1.91. The Morgan fingerprint density at radius 2 is 2.58 bits per heavy atom. The van der Waals surface area contributed by atoms with E-state index < -0.39 is 0 Å². The van der Waals surface area contributed by atoms with E-state index in [-0.39, 0.29) is 0 Å². The molecule has 2 heterocycles. The molecule has 0 radical (unpaired) electrons. The molecule has 3 rings (SSSR count). The number of pyridine rings is 1. The molecule has 1 aliphatic carbocycles. The van der Waals surface area contributed by atoms with E-state index in [4.69, 9.17) is 0 Å². The Balaban J connectivity index is 2.11. The fourth-order valence-electron chi connectivity index (χ4n) is 1.91. The van der Waals surface area contributed by atoms with Gasteiger partial charge in [0.2, 0.25) is 0 Å². The van der Waals surface area contributed by atoms with E-state index in [0.717, 1.165) is 5.82 Å². The number of aromatic nitrogens is 1. The van der Waals surface area contributed by atoms with Crippen LogP contribution in [0.5, 0.6) is 0 Å². The van der Waals surface area contributed by atoms with Crippen molar-refractivity contribution in [2.75, 3.05) is 17.3 Å². The number of rotatable bonds is 0. The lowest BCUT2D eigenvalue weighted by molar-refractivity contribution is 0.845. The van der Waals surface area contributed by atoms with E-state index in [2.05, 4.69) is 28.3 Å². The van der Waals surface area contributed by atoms with Gasteiger partial charge in [0, 0.05) is 19.3 Å². The van der Waals surface area contributed by atoms with Crippen molar-refractivity contribution >= 4 is 11.5 Å². The number of hydrogen-bond acceptors (Lipinski definition) is 3. The lowest BCUT2D eigenvalue weighted by Crippen LogP contribution is -2.31. The van der Waals surface area contributed by atoms with E-state index in [1.807, 2.05) is 12.3 Å². The third-order valence-corrected chi connectivity index (χ3v) is 2.72. The molecule has 3 nitrogen and oxygen atoms in total. The van der Waals surface area contributed by atoms with Gasteiger partial charge in [0.1, 0.15) is 0 Å². The Hall–Kier alpha value is -1.25. The molecule has 0 bridgehead atoms. The number of fused-ring (bicyclic) bond motifs is 2. The van der Waals surface area contributed by atoms with Gasteiger partial charge in [-0.15, -0.1) is 0 Å². The van der Waals surface area contributed by atoms with Crippen molar-refractivity contribution in [1.29, 1.82) is 0 Å². The first-order valence-electron chi connectivity index (χ1n) is 4.30.